The van der Waals surface area contributed by atoms with Gasteiger partial charge in [-0.2, -0.15) is 5.10 Å². The highest BCUT2D eigenvalue weighted by molar-refractivity contribution is 7.80. The fraction of sp³-hybridized carbons (Fsp3) is 0.125. The summed E-state index contributed by atoms with van der Waals surface area (Å²) >= 11 is 4.62. The minimum absolute atomic E-state index is 0.0475. The number of nitro groups is 1. The number of rotatable bonds is 7. The number of nitrogens with one attached hydrogen (secondary N) is 1. The zero-order valence-corrected chi connectivity index (χ0v) is 14.2. The molecule has 0 saturated carbocycles. The van der Waals surface area contributed by atoms with Crippen molar-refractivity contribution < 1.29 is 14.4 Å². The normalized spacial score (nSPS) is 10.4. The van der Waals surface area contributed by atoms with Gasteiger partial charge in [-0.05, 0) is 23.8 Å². The first kappa shape index (κ1) is 18.1. The van der Waals surface area contributed by atoms with Gasteiger partial charge in [0.25, 0.3) is 5.69 Å². The number of nitrogens with zero attached hydrogens (tertiary/aromatic N) is 2. The highest BCUT2D eigenvalue weighted by atomic mass is 32.1. The number of benzene rings is 2. The lowest BCUT2D eigenvalue weighted by molar-refractivity contribution is -0.385. The van der Waals surface area contributed by atoms with Crippen molar-refractivity contribution in [2.75, 3.05) is 7.11 Å². The minimum Gasteiger partial charge on any atom is -0.493 e. The van der Waals surface area contributed by atoms with Gasteiger partial charge in [0.1, 0.15) is 6.61 Å². The van der Waals surface area contributed by atoms with Gasteiger partial charge in [0.15, 0.2) is 16.6 Å². The van der Waals surface area contributed by atoms with Crippen molar-refractivity contribution in [1.82, 2.24) is 5.43 Å². The predicted octanol–water partition coefficient (Wildman–Crippen LogP) is 2.35. The maximum Gasteiger partial charge on any atom is 0.282 e. The van der Waals surface area contributed by atoms with Gasteiger partial charge in [-0.1, -0.05) is 30.3 Å². The molecule has 0 bridgehead atoms. The van der Waals surface area contributed by atoms with Crippen LogP contribution in [-0.4, -0.2) is 23.4 Å². The molecule has 0 aliphatic heterocycles. The fourth-order valence-corrected chi connectivity index (χ4v) is 2.05. The van der Waals surface area contributed by atoms with Crippen LogP contribution in [0.25, 0.3) is 0 Å². The molecule has 0 aliphatic carbocycles. The second-order valence-corrected chi connectivity index (χ2v) is 5.27. The molecular formula is C16H16N4O4S. The molecule has 9 heteroatoms. The van der Waals surface area contributed by atoms with Gasteiger partial charge in [-0.15, -0.1) is 0 Å². The number of hydrogen-bond acceptors (Lipinski definition) is 6. The summed E-state index contributed by atoms with van der Waals surface area (Å²) in [5.74, 6) is 0.607. The van der Waals surface area contributed by atoms with E-state index in [0.29, 0.717) is 5.75 Å². The fourth-order valence-electron chi connectivity index (χ4n) is 2.00. The van der Waals surface area contributed by atoms with E-state index in [1.807, 2.05) is 30.3 Å². The highest BCUT2D eigenvalue weighted by Gasteiger charge is 2.19. The van der Waals surface area contributed by atoms with Gasteiger partial charge in [-0.3, -0.25) is 15.5 Å². The molecule has 0 unspecified atom stereocenters. The van der Waals surface area contributed by atoms with Crippen LogP contribution >= 0.6 is 12.2 Å². The summed E-state index contributed by atoms with van der Waals surface area (Å²) in [5, 5.41) is 15.0. The SMILES string of the molecule is COc1cc(/C=N/NC(N)=S)c([N+](=O)[O-])cc1OCc1ccccc1. The summed E-state index contributed by atoms with van der Waals surface area (Å²) in [7, 11) is 1.45. The lowest BCUT2D eigenvalue weighted by Gasteiger charge is -2.12. The second-order valence-electron chi connectivity index (χ2n) is 4.83. The van der Waals surface area contributed by atoms with Crippen LogP contribution in [0.4, 0.5) is 5.69 Å². The topological polar surface area (TPSA) is 112 Å². The number of ether oxygens (including phenoxy) is 2. The minimum atomic E-state index is -0.531. The molecule has 0 radical (unpaired) electrons. The van der Waals surface area contributed by atoms with Gasteiger partial charge in [0.2, 0.25) is 0 Å². The van der Waals surface area contributed by atoms with Crippen LogP contribution in [-0.2, 0) is 6.61 Å². The van der Waals surface area contributed by atoms with Crippen molar-refractivity contribution >= 4 is 29.2 Å². The highest BCUT2D eigenvalue weighted by Crippen LogP contribution is 2.34. The summed E-state index contributed by atoms with van der Waals surface area (Å²) in [4.78, 5) is 10.8. The molecule has 3 N–H and O–H groups in total. The van der Waals surface area contributed by atoms with Crippen molar-refractivity contribution in [2.45, 2.75) is 6.61 Å². The van der Waals surface area contributed by atoms with Crippen LogP contribution in [0.1, 0.15) is 11.1 Å². The van der Waals surface area contributed by atoms with Crippen molar-refractivity contribution in [3.63, 3.8) is 0 Å². The molecule has 0 heterocycles. The van der Waals surface area contributed by atoms with E-state index >= 15 is 0 Å². The Bertz CT molecular complexity index is 796. The molecule has 0 amide bonds. The maximum absolute atomic E-state index is 11.3. The zero-order valence-electron chi connectivity index (χ0n) is 13.3. The first-order valence-corrected chi connectivity index (χ1v) is 7.53. The number of methoxy groups -OCH3 is 1. The summed E-state index contributed by atoms with van der Waals surface area (Å²) < 4.78 is 10.9. The van der Waals surface area contributed by atoms with Gasteiger partial charge in [0.05, 0.1) is 29.9 Å². The van der Waals surface area contributed by atoms with E-state index in [4.69, 9.17) is 15.2 Å². The molecule has 0 atom stereocenters. The number of hydrazone groups is 1. The number of hydrogen-bond donors (Lipinski definition) is 2. The average molecular weight is 360 g/mol. The Morgan fingerprint density at radius 2 is 2.08 bits per heavy atom. The van der Waals surface area contributed by atoms with E-state index in [1.165, 1.54) is 25.5 Å². The van der Waals surface area contributed by atoms with E-state index in [0.717, 1.165) is 5.56 Å². The van der Waals surface area contributed by atoms with E-state index in [9.17, 15) is 10.1 Å². The molecule has 2 rings (SSSR count). The molecule has 130 valence electrons. The van der Waals surface area contributed by atoms with Crippen LogP contribution in [0.15, 0.2) is 47.6 Å². The smallest absolute Gasteiger partial charge is 0.282 e. The second kappa shape index (κ2) is 8.60. The Kier molecular flexibility index (Phi) is 6.24. The summed E-state index contributed by atoms with van der Waals surface area (Å²) in [6.45, 7) is 0.255. The molecule has 0 fully saturated rings. The summed E-state index contributed by atoms with van der Waals surface area (Å²) in [5.41, 5.74) is 8.57. The Hall–Kier alpha value is -3.20. The molecule has 25 heavy (non-hydrogen) atoms. The molecular weight excluding hydrogens is 344 g/mol. The van der Waals surface area contributed by atoms with Crippen LogP contribution < -0.4 is 20.6 Å². The molecule has 2 aromatic carbocycles. The van der Waals surface area contributed by atoms with Gasteiger partial charge in [0, 0.05) is 0 Å². The van der Waals surface area contributed by atoms with E-state index in [2.05, 4.69) is 22.7 Å². The van der Waals surface area contributed by atoms with Crippen molar-refractivity contribution in [2.24, 2.45) is 10.8 Å². The van der Waals surface area contributed by atoms with Gasteiger partial charge < -0.3 is 15.2 Å². The first-order valence-electron chi connectivity index (χ1n) is 7.13. The van der Waals surface area contributed by atoms with Crippen LogP contribution in [0, 0.1) is 10.1 Å². The lowest BCUT2D eigenvalue weighted by atomic mass is 10.1. The Labute approximate surface area is 149 Å². The molecule has 2 aromatic rings. The van der Waals surface area contributed by atoms with Crippen molar-refractivity contribution in [3.8, 4) is 11.5 Å². The number of nitrogens with two attached hydrogens (primary N) is 1. The Morgan fingerprint density at radius 3 is 2.68 bits per heavy atom. The predicted molar refractivity (Wildman–Crippen MR) is 97.9 cm³/mol. The Morgan fingerprint density at radius 1 is 1.36 bits per heavy atom. The molecule has 0 aliphatic rings. The Balaban J connectivity index is 2.30. The summed E-state index contributed by atoms with van der Waals surface area (Å²) in [6.07, 6.45) is 1.24. The third-order valence-corrected chi connectivity index (χ3v) is 3.22. The third-order valence-electron chi connectivity index (χ3n) is 3.13. The quantitative estimate of drug-likeness (QED) is 0.337. The van der Waals surface area contributed by atoms with Crippen molar-refractivity contribution in [1.29, 1.82) is 0 Å². The van der Waals surface area contributed by atoms with Crippen molar-refractivity contribution in [3.05, 3.63) is 63.7 Å². The molecule has 0 saturated heterocycles. The third kappa shape index (κ3) is 5.15. The summed E-state index contributed by atoms with van der Waals surface area (Å²) in [6, 6.07) is 12.2. The van der Waals surface area contributed by atoms with Crippen LogP contribution in [0.3, 0.4) is 0 Å². The van der Waals surface area contributed by atoms with Gasteiger partial charge >= 0.3 is 0 Å². The number of nitro benzene ring substituents is 1. The average Bonchev–Trinajstić information content (AvgIpc) is 2.60. The van der Waals surface area contributed by atoms with E-state index < -0.39 is 4.92 Å². The largest absolute Gasteiger partial charge is 0.493 e. The zero-order chi connectivity index (χ0) is 18.2. The molecule has 0 aromatic heterocycles. The maximum atomic E-state index is 11.3. The van der Waals surface area contributed by atoms with Crippen LogP contribution in [0.2, 0.25) is 0 Å². The molecule has 8 nitrogen and oxygen atoms in total. The van der Waals surface area contributed by atoms with E-state index in [-0.39, 0.29) is 28.7 Å². The first-order chi connectivity index (χ1) is 12.0. The van der Waals surface area contributed by atoms with E-state index in [1.54, 1.807) is 0 Å². The number of thiocarbonyl (C=S) groups is 1. The van der Waals surface area contributed by atoms with Crippen LogP contribution in [0.5, 0.6) is 11.5 Å². The molecule has 0 spiro atoms. The lowest BCUT2D eigenvalue weighted by Crippen LogP contribution is -2.24. The monoisotopic (exact) mass is 360 g/mol. The standard InChI is InChI=1S/C16H16N4O4S/c1-23-14-7-12(9-18-19-16(17)25)13(20(21)22)8-15(14)24-10-11-5-3-2-4-6-11/h2-9H,10H2,1H3,(H3,17,19,25)/b18-9+. The van der Waals surface area contributed by atoms with Gasteiger partial charge in [-0.25, -0.2) is 0 Å².